The van der Waals surface area contributed by atoms with Crippen LogP contribution >= 0.6 is 12.4 Å². The Balaban J connectivity index is 0.000000792. The molecule has 0 aromatic heterocycles. The smallest absolute Gasteiger partial charge is 0.135 e. The Bertz CT molecular complexity index is 863. The van der Waals surface area contributed by atoms with Crippen molar-refractivity contribution < 1.29 is 70.1 Å². The summed E-state index contributed by atoms with van der Waals surface area (Å²) in [5, 5.41) is 58.6. The van der Waals surface area contributed by atoms with Gasteiger partial charge in [-0.2, -0.15) is 5.48 Å². The molecule has 0 amide bonds. The number of nitrogens with one attached hydrogen (secondary N) is 1. The van der Waals surface area contributed by atoms with E-state index in [0.29, 0.717) is 19.4 Å². The minimum Gasteiger partial charge on any atom is -0.392 e. The molecule has 12 nitrogen and oxygen atoms in total. The van der Waals surface area contributed by atoms with E-state index in [0.717, 1.165) is 5.56 Å². The zero-order valence-electron chi connectivity index (χ0n) is 24.7. The number of benzene rings is 1. The fourth-order valence-corrected chi connectivity index (χ4v) is 5.13. The Hall–Kier alpha value is -0.308. The van der Waals surface area contributed by atoms with Gasteiger partial charge < -0.3 is 58.0 Å². The zero-order valence-corrected chi connectivity index (χ0v) is 27.1. The van der Waals surface area contributed by atoms with Gasteiger partial charge in [-0.1, -0.05) is 44.2 Å². The van der Waals surface area contributed by atoms with Gasteiger partial charge in [0.15, 0.2) is 0 Å². The first kappa shape index (κ1) is 41.7. The molecule has 14 heteroatoms. The number of hydrogen-bond donors (Lipinski definition) is 8. The molecule has 3 heterocycles. The maximum Gasteiger partial charge on any atom is 0.135 e. The maximum absolute atomic E-state index is 10.2. The minimum atomic E-state index is -1.30. The molecule has 3 aliphatic rings. The van der Waals surface area contributed by atoms with Crippen LogP contribution in [-0.2, 0) is 46.1 Å². The van der Waals surface area contributed by atoms with Gasteiger partial charge in [0.1, 0.15) is 48.8 Å². The van der Waals surface area contributed by atoms with Gasteiger partial charge in [0.2, 0.25) is 0 Å². The standard InChI is InChI=1S/C17H25NO5.C10H21NO5.CH3.ClH.Pd/c1-3-12-14(19)15(20)17-16(22-12)13(18-23-17)10(2)21-9-11-7-5-4-6-8-11;1-3-5-7(13)8(14)9(15)10(16-5)6(11)4(2)12;;;/h4-8,10,12-20H,3,9H2,1-2H3;4-10,12-15H,3,11H2,1-2H3;1H3;1H;/q;;-1;;/t10-,12?,13-,14+,15+,16-,17?;4-,5?,6-,7+,8+,9?,10-;;;/m11.../s1. The quantitative estimate of drug-likeness (QED) is 0.128. The van der Waals surface area contributed by atoms with E-state index in [-0.39, 0.29) is 58.5 Å². The Labute approximate surface area is 268 Å². The number of hydroxylamine groups is 1. The molecule has 3 saturated heterocycles. The summed E-state index contributed by atoms with van der Waals surface area (Å²) >= 11 is 0. The molecule has 0 bridgehead atoms. The Kier molecular flexibility index (Phi) is 19.1. The number of halogens is 1. The number of rotatable bonds is 8. The van der Waals surface area contributed by atoms with Crippen LogP contribution < -0.4 is 11.2 Å². The average molecular weight is 717 g/mol. The van der Waals surface area contributed by atoms with Crippen LogP contribution in [0.5, 0.6) is 0 Å². The Morgan fingerprint density at radius 1 is 0.857 bits per heavy atom. The van der Waals surface area contributed by atoms with Crippen LogP contribution in [0.3, 0.4) is 0 Å². The molecule has 42 heavy (non-hydrogen) atoms. The summed E-state index contributed by atoms with van der Waals surface area (Å²) < 4.78 is 17.3. The van der Waals surface area contributed by atoms with E-state index in [4.69, 9.17) is 24.8 Å². The first-order chi connectivity index (χ1) is 18.5. The van der Waals surface area contributed by atoms with Crippen LogP contribution in [0.15, 0.2) is 30.3 Å². The molecule has 1 aromatic rings. The second kappa shape index (κ2) is 19.3. The SMILES string of the molecule is CCC1O[C@H]([C@H](N)[C@@H](C)O)C(O)[C@@H](O)[C@H]1O.CCC1O[C@H]2C(ON[C@@H]2[C@@H](C)OCc2ccccc2)[C@@H](O)[C@H]1O.Cl.[CH3-].[Pd]. The number of ether oxygens (including phenoxy) is 3. The number of aliphatic hydroxyl groups excluding tert-OH is 6. The summed E-state index contributed by atoms with van der Waals surface area (Å²) in [6.45, 7) is 7.66. The fraction of sp³-hybridized carbons (Fsp3) is 0.750. The van der Waals surface area contributed by atoms with Crippen molar-refractivity contribution in [1.82, 2.24) is 5.48 Å². The summed E-state index contributed by atoms with van der Waals surface area (Å²) in [6, 6.07) is 8.95. The zero-order chi connectivity index (χ0) is 28.9. The van der Waals surface area contributed by atoms with Crippen molar-refractivity contribution >= 4 is 12.4 Å². The van der Waals surface area contributed by atoms with Crippen LogP contribution in [0.1, 0.15) is 46.1 Å². The molecule has 9 N–H and O–H groups in total. The van der Waals surface area contributed by atoms with Gasteiger partial charge in [-0.15, -0.1) is 12.4 Å². The Morgan fingerprint density at radius 3 is 1.95 bits per heavy atom. The average Bonchev–Trinajstić information content (AvgIpc) is 3.37. The van der Waals surface area contributed by atoms with Crippen molar-refractivity contribution in [2.24, 2.45) is 5.73 Å². The van der Waals surface area contributed by atoms with Gasteiger partial charge in [0, 0.05) is 20.4 Å². The van der Waals surface area contributed by atoms with Crippen LogP contribution in [0, 0.1) is 7.43 Å². The largest absolute Gasteiger partial charge is 0.392 e. The van der Waals surface area contributed by atoms with Crippen LogP contribution in [-0.4, -0.2) is 116 Å². The normalized spacial score (nSPS) is 37.7. The van der Waals surface area contributed by atoms with E-state index in [1.165, 1.54) is 6.92 Å². The molecule has 0 radical (unpaired) electrons. The molecule has 0 saturated carbocycles. The second-order valence-electron chi connectivity index (χ2n) is 10.6. The molecule has 14 atom stereocenters. The van der Waals surface area contributed by atoms with E-state index in [1.807, 2.05) is 44.2 Å². The number of nitrogens with two attached hydrogens (primary N) is 1. The summed E-state index contributed by atoms with van der Waals surface area (Å²) in [7, 11) is 0. The Morgan fingerprint density at radius 2 is 1.40 bits per heavy atom. The van der Waals surface area contributed by atoms with Crippen molar-refractivity contribution in [3.8, 4) is 0 Å². The molecular weight excluding hydrogens is 666 g/mol. The summed E-state index contributed by atoms with van der Waals surface area (Å²) in [5.41, 5.74) is 9.69. The van der Waals surface area contributed by atoms with Crippen LogP contribution in [0.2, 0.25) is 0 Å². The van der Waals surface area contributed by atoms with Gasteiger partial charge in [-0.05, 0) is 32.3 Å². The van der Waals surface area contributed by atoms with Gasteiger partial charge in [0.25, 0.3) is 0 Å². The first-order valence-electron chi connectivity index (χ1n) is 13.7. The first-order valence-corrected chi connectivity index (χ1v) is 13.7. The van der Waals surface area contributed by atoms with Gasteiger partial charge in [-0.25, -0.2) is 0 Å². The van der Waals surface area contributed by atoms with Gasteiger partial charge in [0.05, 0.1) is 43.1 Å². The molecule has 3 aliphatic heterocycles. The third-order valence-electron chi connectivity index (χ3n) is 7.77. The van der Waals surface area contributed by atoms with Crippen molar-refractivity contribution in [2.75, 3.05) is 0 Å². The molecule has 4 rings (SSSR count). The van der Waals surface area contributed by atoms with Gasteiger partial charge >= 0.3 is 0 Å². The summed E-state index contributed by atoms with van der Waals surface area (Å²) in [6.07, 6.45) is -8.26. The third kappa shape index (κ3) is 9.84. The third-order valence-corrected chi connectivity index (χ3v) is 7.77. The van der Waals surface area contributed by atoms with Crippen molar-refractivity contribution in [3.63, 3.8) is 0 Å². The van der Waals surface area contributed by atoms with Crippen molar-refractivity contribution in [2.45, 2.75) is 132 Å². The van der Waals surface area contributed by atoms with Crippen LogP contribution in [0.25, 0.3) is 0 Å². The summed E-state index contributed by atoms with van der Waals surface area (Å²) in [4.78, 5) is 5.45. The number of fused-ring (bicyclic) bond motifs is 1. The summed E-state index contributed by atoms with van der Waals surface area (Å²) in [5.74, 6) is 0. The topological polar surface area (TPSA) is 196 Å². The molecular formula is C28H50ClN2O10Pd-. The minimum absolute atomic E-state index is 0. The molecule has 1 aromatic carbocycles. The molecule has 3 fully saturated rings. The van der Waals surface area contributed by atoms with E-state index in [1.54, 1.807) is 6.92 Å². The molecule has 250 valence electrons. The number of hydrogen-bond acceptors (Lipinski definition) is 12. The molecule has 0 spiro atoms. The number of aliphatic hydroxyl groups is 6. The second-order valence-corrected chi connectivity index (χ2v) is 10.6. The predicted octanol–water partition coefficient (Wildman–Crippen LogP) is -0.413. The maximum atomic E-state index is 10.2. The van der Waals surface area contributed by atoms with Gasteiger partial charge in [-0.3, -0.25) is 4.84 Å². The van der Waals surface area contributed by atoms with E-state index in [9.17, 15) is 30.6 Å². The van der Waals surface area contributed by atoms with E-state index >= 15 is 0 Å². The van der Waals surface area contributed by atoms with Crippen LogP contribution in [0.4, 0.5) is 0 Å². The van der Waals surface area contributed by atoms with E-state index < -0.39 is 67.1 Å². The molecule has 0 aliphatic carbocycles. The predicted molar refractivity (Wildman–Crippen MR) is 154 cm³/mol. The van der Waals surface area contributed by atoms with E-state index in [2.05, 4.69) is 5.48 Å². The van der Waals surface area contributed by atoms with Crippen molar-refractivity contribution in [3.05, 3.63) is 43.3 Å². The molecule has 4 unspecified atom stereocenters. The fourth-order valence-electron chi connectivity index (χ4n) is 5.13. The monoisotopic (exact) mass is 715 g/mol. The van der Waals surface area contributed by atoms with Crippen molar-refractivity contribution in [1.29, 1.82) is 0 Å².